The summed E-state index contributed by atoms with van der Waals surface area (Å²) in [6.07, 6.45) is 4.29. The van der Waals surface area contributed by atoms with Gasteiger partial charge in [0.1, 0.15) is 12.0 Å². The van der Waals surface area contributed by atoms with Gasteiger partial charge in [-0.1, -0.05) is 24.6 Å². The highest BCUT2D eigenvalue weighted by Gasteiger charge is 2.75. The number of hydrogen-bond donors (Lipinski definition) is 1. The van der Waals surface area contributed by atoms with Crippen LogP contribution in [0.15, 0.2) is 48.1 Å². The molecule has 0 aromatic rings. The number of ether oxygens (including phenoxy) is 1. The van der Waals surface area contributed by atoms with Crippen LogP contribution in [0.25, 0.3) is 0 Å². The van der Waals surface area contributed by atoms with E-state index in [1.54, 1.807) is 6.92 Å². The summed E-state index contributed by atoms with van der Waals surface area (Å²) in [5.41, 5.74) is -6.34. The molecule has 0 bridgehead atoms. The molecule has 0 spiro atoms. The topological polar surface area (TPSA) is 115 Å². The van der Waals surface area contributed by atoms with Crippen molar-refractivity contribution in [3.05, 3.63) is 48.1 Å². The van der Waals surface area contributed by atoms with Gasteiger partial charge in [0.25, 0.3) is 0 Å². The van der Waals surface area contributed by atoms with Crippen LogP contribution in [0.3, 0.4) is 0 Å². The third-order valence-electron chi connectivity index (χ3n) is 11.1. The zero-order valence-corrected chi connectivity index (χ0v) is 23.4. The van der Waals surface area contributed by atoms with E-state index in [1.165, 1.54) is 25.2 Å². The Kier molecular flexibility index (Phi) is 6.61. The lowest BCUT2D eigenvalue weighted by molar-refractivity contribution is -0.199. The van der Waals surface area contributed by atoms with E-state index in [2.05, 4.69) is 13.2 Å². The Morgan fingerprint density at radius 2 is 1.73 bits per heavy atom. The van der Waals surface area contributed by atoms with E-state index in [9.17, 15) is 29.1 Å². The predicted molar refractivity (Wildman–Crippen MR) is 143 cm³/mol. The van der Waals surface area contributed by atoms with E-state index in [0.29, 0.717) is 31.3 Å². The van der Waals surface area contributed by atoms with Crippen LogP contribution in [-0.4, -0.2) is 52.6 Å². The highest BCUT2D eigenvalue weighted by atomic mass is 19.1. The summed E-state index contributed by atoms with van der Waals surface area (Å²) >= 11 is 0. The molecule has 5 rings (SSSR count). The van der Waals surface area contributed by atoms with Crippen LogP contribution in [-0.2, 0) is 28.7 Å². The first-order valence-corrected chi connectivity index (χ1v) is 14.1. The molecule has 5 aliphatic carbocycles. The molecule has 5 aliphatic rings. The summed E-state index contributed by atoms with van der Waals surface area (Å²) in [6, 6.07) is 0. The third-order valence-corrected chi connectivity index (χ3v) is 11.1. The lowest BCUT2D eigenvalue weighted by Crippen LogP contribution is -2.68. The number of Topliss-reactive ketones (excluding diaryl/α,β-unsaturated/α-hetero) is 3. The number of fused-ring (bicyclic) bond motifs is 6. The second-order valence-corrected chi connectivity index (χ2v) is 12.8. The van der Waals surface area contributed by atoms with Crippen LogP contribution in [0.4, 0.5) is 4.39 Å². The average molecular weight is 553 g/mol. The Balaban J connectivity index is 1.61. The number of hydrogen-bond acceptors (Lipinski definition) is 7. The molecule has 0 aromatic carbocycles. The molecule has 0 aliphatic heterocycles. The van der Waals surface area contributed by atoms with Crippen LogP contribution in [0.5, 0.6) is 0 Å². The van der Waals surface area contributed by atoms with Crippen LogP contribution in [0.1, 0.15) is 65.7 Å². The number of carbonyl (C=O) groups is 5. The monoisotopic (exact) mass is 552 g/mol. The number of rotatable bonds is 7. The van der Waals surface area contributed by atoms with Gasteiger partial charge in [-0.3, -0.25) is 24.0 Å². The van der Waals surface area contributed by atoms with E-state index < -0.39 is 63.2 Å². The highest BCUT2D eigenvalue weighted by molar-refractivity contribution is 6.41. The maximum absolute atomic E-state index is 18.1. The number of allylic oxidation sites excluding steroid dienone is 6. The number of aliphatic hydroxyl groups is 1. The summed E-state index contributed by atoms with van der Waals surface area (Å²) in [5.74, 6) is -4.13. The number of aliphatic hydroxyl groups excluding tert-OH is 1. The molecule has 0 saturated heterocycles. The Bertz CT molecular complexity index is 1310. The van der Waals surface area contributed by atoms with Crippen molar-refractivity contribution < 1.29 is 38.2 Å². The maximum atomic E-state index is 18.1. The van der Waals surface area contributed by atoms with Gasteiger partial charge >= 0.3 is 5.97 Å². The largest absolute Gasteiger partial charge is 0.458 e. The highest BCUT2D eigenvalue weighted by Crippen LogP contribution is 2.71. The quantitative estimate of drug-likeness (QED) is 0.219. The standard InChI is InChI=1S/C32H37FO7/c1-6-12-31(13-7-2)27(38)25-22(35)14-18-8-9-20-19-10-11-21(23(36)16-40-17(3)34)29(19,4)15-24(37)32(20,33)30(18,5)26(25)28(31)39/h6-7,14,19-21,24,37H,1-2,8-13,15-16H2,3-5H3/t19-,20-,21+,24-,29-,30+,32-/m0/s1. The second-order valence-electron chi connectivity index (χ2n) is 12.8. The minimum atomic E-state index is -2.34. The molecule has 214 valence electrons. The van der Waals surface area contributed by atoms with Gasteiger partial charge in [0.15, 0.2) is 28.8 Å². The zero-order chi connectivity index (χ0) is 29.4. The molecular formula is C32H37FO7. The van der Waals surface area contributed by atoms with Crippen molar-refractivity contribution in [2.24, 2.45) is 34.0 Å². The fraction of sp³-hybridized carbons (Fsp3) is 0.594. The molecular weight excluding hydrogens is 515 g/mol. The summed E-state index contributed by atoms with van der Waals surface area (Å²) in [5, 5.41) is 11.7. The van der Waals surface area contributed by atoms with Crippen molar-refractivity contribution in [2.75, 3.05) is 6.61 Å². The fourth-order valence-corrected chi connectivity index (χ4v) is 9.31. The van der Waals surface area contributed by atoms with Gasteiger partial charge < -0.3 is 9.84 Å². The summed E-state index contributed by atoms with van der Waals surface area (Å²) in [4.78, 5) is 65.8. The zero-order valence-electron chi connectivity index (χ0n) is 23.4. The van der Waals surface area contributed by atoms with Gasteiger partial charge in [0, 0.05) is 24.3 Å². The normalized spacial score (nSPS) is 39.5. The van der Waals surface area contributed by atoms with E-state index in [0.717, 1.165) is 0 Å². The number of halogens is 1. The van der Waals surface area contributed by atoms with E-state index in [4.69, 9.17) is 4.74 Å². The van der Waals surface area contributed by atoms with Gasteiger partial charge in [-0.2, -0.15) is 0 Å². The smallest absolute Gasteiger partial charge is 0.303 e. The molecule has 40 heavy (non-hydrogen) atoms. The van der Waals surface area contributed by atoms with Crippen LogP contribution >= 0.6 is 0 Å². The van der Waals surface area contributed by atoms with Gasteiger partial charge in [-0.15, -0.1) is 13.2 Å². The molecule has 0 unspecified atom stereocenters. The second kappa shape index (κ2) is 9.26. The molecule has 7 atom stereocenters. The minimum absolute atomic E-state index is 0.0134. The van der Waals surface area contributed by atoms with Gasteiger partial charge in [-0.05, 0) is 69.3 Å². The average Bonchev–Trinajstić information content (AvgIpc) is 3.33. The van der Waals surface area contributed by atoms with Gasteiger partial charge in [-0.25, -0.2) is 4.39 Å². The molecule has 0 radical (unpaired) electrons. The Labute approximate surface area is 233 Å². The first-order chi connectivity index (χ1) is 18.7. The molecule has 0 amide bonds. The van der Waals surface area contributed by atoms with Crippen molar-refractivity contribution >= 4 is 29.1 Å². The molecule has 3 saturated carbocycles. The SMILES string of the molecule is C=CCC1(CC=C)C(=O)C2=C(C1=O)[C@@]1(C)C(=CC2=O)CC[C@H]2[C@@H]3CC[C@H](C(=O)COC(C)=O)[C@@]3(C)C[C@H](O)[C@@]21F. The first-order valence-electron chi connectivity index (χ1n) is 14.1. The molecule has 0 heterocycles. The van der Waals surface area contributed by atoms with E-state index in [-0.39, 0.29) is 48.7 Å². The van der Waals surface area contributed by atoms with Crippen LogP contribution in [0, 0.1) is 34.0 Å². The van der Waals surface area contributed by atoms with Gasteiger partial charge in [0.05, 0.1) is 17.1 Å². The van der Waals surface area contributed by atoms with E-state index >= 15 is 4.39 Å². The number of esters is 1. The lowest BCUT2D eigenvalue weighted by atomic mass is 9.43. The Hall–Kier alpha value is -3.00. The summed E-state index contributed by atoms with van der Waals surface area (Å²) in [6.45, 7) is 11.8. The molecule has 0 aromatic heterocycles. The van der Waals surface area contributed by atoms with Crippen LogP contribution < -0.4 is 0 Å². The maximum Gasteiger partial charge on any atom is 0.303 e. The van der Waals surface area contributed by atoms with Crippen molar-refractivity contribution in [3.63, 3.8) is 0 Å². The predicted octanol–water partition coefficient (Wildman–Crippen LogP) is 4.14. The molecule has 7 nitrogen and oxygen atoms in total. The number of carbonyl (C=O) groups excluding carboxylic acids is 5. The molecule has 8 heteroatoms. The van der Waals surface area contributed by atoms with Crippen LogP contribution in [0.2, 0.25) is 0 Å². The Morgan fingerprint density at radius 1 is 1.07 bits per heavy atom. The summed E-state index contributed by atoms with van der Waals surface area (Å²) in [7, 11) is 0. The van der Waals surface area contributed by atoms with Crippen molar-refractivity contribution in [1.82, 2.24) is 0 Å². The molecule has 1 N–H and O–H groups in total. The minimum Gasteiger partial charge on any atom is -0.458 e. The fourth-order valence-electron chi connectivity index (χ4n) is 9.31. The van der Waals surface area contributed by atoms with Crippen molar-refractivity contribution in [2.45, 2.75) is 77.5 Å². The Morgan fingerprint density at radius 3 is 2.33 bits per heavy atom. The summed E-state index contributed by atoms with van der Waals surface area (Å²) < 4.78 is 23.1. The number of ketones is 4. The van der Waals surface area contributed by atoms with Crippen molar-refractivity contribution in [3.8, 4) is 0 Å². The van der Waals surface area contributed by atoms with Crippen molar-refractivity contribution in [1.29, 1.82) is 0 Å². The third kappa shape index (κ3) is 3.34. The lowest BCUT2D eigenvalue weighted by Gasteiger charge is -2.63. The van der Waals surface area contributed by atoms with E-state index in [1.807, 2.05) is 6.92 Å². The van der Waals surface area contributed by atoms with Gasteiger partial charge in [0.2, 0.25) is 0 Å². The molecule has 3 fully saturated rings. The number of alkyl halides is 1. The first kappa shape index (κ1) is 28.5.